The summed E-state index contributed by atoms with van der Waals surface area (Å²) in [5, 5.41) is 19.4. The molecule has 0 saturated carbocycles. The molecule has 116 heavy (non-hydrogen) atoms. The first kappa shape index (κ1) is 88.8. The largest absolute Gasteiger partial charge is 3.00 e. The number of fused-ring (bicyclic) bond motifs is 4. The van der Waals surface area contributed by atoms with Crippen molar-refractivity contribution in [3.63, 3.8) is 0 Å². The number of hydrogen-bond donors (Lipinski definition) is 1. The van der Waals surface area contributed by atoms with E-state index in [1.165, 1.54) is 60.8 Å². The maximum absolute atomic E-state index is 12.1. The zero-order chi connectivity index (χ0) is 78.6. The van der Waals surface area contributed by atoms with E-state index in [9.17, 15) is 19.2 Å². The van der Waals surface area contributed by atoms with Gasteiger partial charge in [-0.25, -0.2) is 0 Å². The molecule has 573 valence electrons. The number of phenols is 1. The molecule has 0 bridgehead atoms. The molecule has 0 aliphatic carbocycles. The zero-order valence-corrected chi connectivity index (χ0v) is 70.7. The number of pyridine rings is 4. The molecule has 0 aliphatic rings. The average molecular weight is 2110 g/mol. The number of carbonyl (C=O) groups is 4. The van der Waals surface area contributed by atoms with Crippen LogP contribution in [0.5, 0.6) is 11.5 Å². The Labute approximate surface area is 722 Å². The molecule has 0 amide bonds. The van der Waals surface area contributed by atoms with Crippen LogP contribution in [0.15, 0.2) is 377 Å². The summed E-state index contributed by atoms with van der Waals surface area (Å²) in [5.41, 5.74) is 13.6. The summed E-state index contributed by atoms with van der Waals surface area (Å²) >= 11 is 3.32. The fraction of sp³-hybridized carbons (Fsp3) is 0.0202. The fourth-order valence-corrected chi connectivity index (χ4v) is 11.9. The Bertz CT molecular complexity index is 5500. The van der Waals surface area contributed by atoms with Crippen molar-refractivity contribution in [3.05, 3.63) is 446 Å². The minimum absolute atomic E-state index is 0. The first-order valence-corrected chi connectivity index (χ1v) is 36.7. The number of halogens is 1. The van der Waals surface area contributed by atoms with E-state index < -0.39 is 0 Å². The first-order valence-electron chi connectivity index (χ1n) is 35.6. The summed E-state index contributed by atoms with van der Waals surface area (Å²) in [6.07, 6.45) is 12.2. The van der Waals surface area contributed by atoms with Crippen LogP contribution in [0.1, 0.15) is 63.9 Å². The standard InChI is InChI=1S/C19H15NO3.4C15H10N.C11H9NO2.C8H7BrO.CHO.3Ir/c21-12-14-3-5-15(6-4-14)13-23-17-9-7-16(8-10-17)19(22)18-2-1-11-20-18;4*1-2-7-13(8-3-1)15-14-9-5-4-6-12(14)10-11-16-15;13-9-5-3-8(4-6-9)11(14)10-2-1-7-12-10;9-5-7-1-3-8(6-10)4-2-7;1-2;;;/h1-12H,13H2,(H,20,22);4*1-7,9-11H;1-7H,(H2,12,13,14);1-4,6H,5H2;1H;;;/q;4*-1;;;-1;;2*+3/p-2. The number of aldehydes is 2. The van der Waals surface area contributed by atoms with Gasteiger partial charge in [0.2, 0.25) is 0 Å². The molecule has 1 radical (unpaired) electrons. The second kappa shape index (κ2) is 47.7. The summed E-state index contributed by atoms with van der Waals surface area (Å²) in [7, 11) is 0. The molecule has 6 aromatic heterocycles. The van der Waals surface area contributed by atoms with Gasteiger partial charge in [0.25, 0.3) is 0 Å². The Morgan fingerprint density at radius 2 is 0.672 bits per heavy atom. The van der Waals surface area contributed by atoms with Crippen LogP contribution in [-0.2, 0) is 77.0 Å². The zero-order valence-electron chi connectivity index (χ0n) is 61.9. The fourth-order valence-electron chi connectivity index (χ4n) is 11.5. The number of aromatic hydroxyl groups is 1. The number of phenolic OH excluding ortho intramolecular Hbond substituents is 1. The van der Waals surface area contributed by atoms with Crippen molar-refractivity contribution in [1.82, 2.24) is 29.9 Å². The molecule has 0 spiro atoms. The van der Waals surface area contributed by atoms with E-state index in [1.54, 1.807) is 85.2 Å². The number of aromatic nitrogens is 6. The maximum atomic E-state index is 12.1. The molecule has 1 N–H and O–H groups in total. The normalized spacial score (nSPS) is 9.87. The number of nitrogens with zero attached hydrogens (tertiary/aromatic N) is 6. The summed E-state index contributed by atoms with van der Waals surface area (Å²) < 4.78 is 5.68. The molecule has 0 fully saturated rings. The van der Waals surface area contributed by atoms with Crippen molar-refractivity contribution in [1.29, 1.82) is 0 Å². The second-order valence-electron chi connectivity index (χ2n) is 24.5. The Balaban J connectivity index is 0.000000169. The Morgan fingerprint density at radius 1 is 0.371 bits per heavy atom. The van der Waals surface area contributed by atoms with Gasteiger partial charge in [-0.3, -0.25) is 26.0 Å². The minimum atomic E-state index is -0.130. The van der Waals surface area contributed by atoms with Gasteiger partial charge in [-0.1, -0.05) is 197 Å². The summed E-state index contributed by atoms with van der Waals surface area (Å²) in [5.74, 6) is 0.592. The van der Waals surface area contributed by atoms with E-state index >= 15 is 0 Å². The molecule has 12 aromatic carbocycles. The second-order valence-corrected chi connectivity index (χ2v) is 25.1. The quantitative estimate of drug-likeness (QED) is 0.0468. The summed E-state index contributed by atoms with van der Waals surface area (Å²) in [6, 6.07) is 120. The third kappa shape index (κ3) is 25.4. The van der Waals surface area contributed by atoms with Gasteiger partial charge in [0.15, 0.2) is 11.6 Å². The monoisotopic (exact) mass is 2110 g/mol. The van der Waals surface area contributed by atoms with Crippen LogP contribution in [0.3, 0.4) is 0 Å². The van der Waals surface area contributed by atoms with Crippen LogP contribution >= 0.6 is 15.9 Å². The SMILES string of the molecule is O=C(c1ccc(O)cc1)c1ccc[n-]1.O=Cc1ccc(CBr)cc1.O=Cc1ccc(COc2ccc(C(=O)c3ccc[n-]3)cc2)cc1.[CH-]=O.[Ir+3].[Ir+3].[Ir].[c-]1ccccc1-c1nccc2ccccc12.[c-]1ccccc1-c1nccc2ccccc12.[c-]1ccccc1-c1nccc2ccccc12.[c-]1ccccc1-c1nccc2ccccc12. The van der Waals surface area contributed by atoms with Crippen LogP contribution in [0.2, 0.25) is 0 Å². The van der Waals surface area contributed by atoms with Crippen molar-refractivity contribution in [3.8, 4) is 56.5 Å². The molecular formula is C99H70BrIr3N6O7-. The molecule has 6 heterocycles. The van der Waals surface area contributed by atoms with Gasteiger partial charge in [0.05, 0.1) is 0 Å². The third-order valence-electron chi connectivity index (χ3n) is 17.2. The van der Waals surface area contributed by atoms with Crippen LogP contribution in [0.25, 0.3) is 88.1 Å². The van der Waals surface area contributed by atoms with Gasteiger partial charge in [0.1, 0.15) is 30.7 Å². The van der Waals surface area contributed by atoms with Crippen molar-refractivity contribution in [2.24, 2.45) is 0 Å². The molecule has 0 unspecified atom stereocenters. The summed E-state index contributed by atoms with van der Waals surface area (Å²) in [6.45, 7) is 3.65. The van der Waals surface area contributed by atoms with Gasteiger partial charge < -0.3 is 44.5 Å². The molecule has 0 aliphatic heterocycles. The van der Waals surface area contributed by atoms with Crippen LogP contribution < -0.4 is 14.7 Å². The third-order valence-corrected chi connectivity index (χ3v) is 17.8. The van der Waals surface area contributed by atoms with Gasteiger partial charge in [-0.05, 0) is 150 Å². The molecule has 18 aromatic rings. The molecule has 18 rings (SSSR count). The van der Waals surface area contributed by atoms with E-state index in [0.29, 0.717) is 40.4 Å². The van der Waals surface area contributed by atoms with E-state index in [1.807, 2.05) is 231 Å². The van der Waals surface area contributed by atoms with Crippen LogP contribution in [0.4, 0.5) is 0 Å². The number of ether oxygens (including phenoxy) is 1. The Kier molecular flexibility index (Phi) is 36.5. The van der Waals surface area contributed by atoms with Crippen LogP contribution in [-0.4, -0.2) is 56.0 Å². The number of rotatable bonds is 14. The Morgan fingerprint density at radius 3 is 0.957 bits per heavy atom. The topological polar surface area (TPSA) is 195 Å². The van der Waals surface area contributed by atoms with E-state index in [2.05, 4.69) is 125 Å². The molecule has 0 atom stereocenters. The number of carbonyl (C=O) groups excluding carboxylic acids is 5. The predicted octanol–water partition coefficient (Wildman–Crippen LogP) is 21.8. The first-order chi connectivity index (χ1) is 55.7. The van der Waals surface area contributed by atoms with Crippen molar-refractivity contribution in [2.75, 3.05) is 0 Å². The van der Waals surface area contributed by atoms with Gasteiger partial charge in [0, 0.05) is 72.5 Å². The van der Waals surface area contributed by atoms with Crippen molar-refractivity contribution < 1.29 is 94.1 Å². The van der Waals surface area contributed by atoms with Crippen LogP contribution in [0, 0.1) is 24.3 Å². The Hall–Kier alpha value is -12.8. The van der Waals surface area contributed by atoms with Crippen molar-refractivity contribution >= 4 is 89.9 Å². The number of ketones is 2. The predicted molar refractivity (Wildman–Crippen MR) is 452 cm³/mol. The van der Waals surface area contributed by atoms with Gasteiger partial charge >= 0.3 is 40.2 Å². The molecule has 17 heteroatoms. The molecule has 0 saturated heterocycles. The van der Waals surface area contributed by atoms with E-state index in [-0.39, 0.29) is 77.6 Å². The minimum Gasteiger partial charge on any atom is -0.661 e. The smallest absolute Gasteiger partial charge is 0.661 e. The summed E-state index contributed by atoms with van der Waals surface area (Å²) in [4.78, 5) is 78.0. The maximum Gasteiger partial charge on any atom is 3.00 e. The van der Waals surface area contributed by atoms with Gasteiger partial charge in [-0.15, -0.1) is 144 Å². The number of benzene rings is 12. The van der Waals surface area contributed by atoms with E-state index in [4.69, 9.17) is 14.6 Å². The van der Waals surface area contributed by atoms with Crippen molar-refractivity contribution in [2.45, 2.75) is 11.9 Å². The van der Waals surface area contributed by atoms with Gasteiger partial charge in [-0.2, -0.15) is 12.4 Å². The average Bonchev–Trinajstić information content (AvgIpc) is 0.939. The number of hydrogen-bond acceptors (Lipinski definition) is 11. The van der Waals surface area contributed by atoms with E-state index in [0.717, 1.165) is 74.1 Å². The molecular weight excluding hydrogens is 2040 g/mol. The number of alkyl halides is 1. The molecule has 13 nitrogen and oxygen atoms in total.